The van der Waals surface area contributed by atoms with E-state index in [0.29, 0.717) is 10.5 Å². The largest absolute Gasteiger partial charge is 0.417 e. The summed E-state index contributed by atoms with van der Waals surface area (Å²) in [4.78, 5) is 12.9. The summed E-state index contributed by atoms with van der Waals surface area (Å²) in [5, 5.41) is 11.1. The predicted octanol–water partition coefficient (Wildman–Crippen LogP) is 5.34. The van der Waals surface area contributed by atoms with Gasteiger partial charge in [0, 0.05) is 15.1 Å². The molecule has 0 aliphatic rings. The number of alkyl halides is 3. The van der Waals surface area contributed by atoms with Crippen LogP contribution in [0.4, 0.5) is 18.9 Å². The van der Waals surface area contributed by atoms with Crippen LogP contribution in [0.2, 0.25) is 0 Å². The molecule has 1 amide bonds. The number of rotatable bonds is 4. The molecule has 0 aromatic heterocycles. The maximum absolute atomic E-state index is 12.9. The zero-order chi connectivity index (χ0) is 17.7. The van der Waals surface area contributed by atoms with E-state index in [1.807, 2.05) is 6.07 Å². The molecule has 0 atom stereocenters. The minimum atomic E-state index is -4.53. The summed E-state index contributed by atoms with van der Waals surface area (Å²) >= 11 is 4.04. The van der Waals surface area contributed by atoms with E-state index in [2.05, 4.69) is 21.2 Å². The van der Waals surface area contributed by atoms with Gasteiger partial charge in [-0.15, -0.1) is 11.8 Å². The molecule has 24 heavy (non-hydrogen) atoms. The minimum absolute atomic E-state index is 0.0376. The average Bonchev–Trinajstić information content (AvgIpc) is 2.54. The molecule has 0 aliphatic heterocycles. The highest BCUT2D eigenvalue weighted by Crippen LogP contribution is 2.36. The number of carbonyl (C=O) groups is 1. The molecule has 2 aromatic rings. The van der Waals surface area contributed by atoms with Gasteiger partial charge in [-0.1, -0.05) is 28.1 Å². The molecule has 0 bridgehead atoms. The molecule has 0 heterocycles. The van der Waals surface area contributed by atoms with Crippen molar-refractivity contribution in [2.45, 2.75) is 11.1 Å². The second kappa shape index (κ2) is 7.73. The van der Waals surface area contributed by atoms with Crippen LogP contribution in [0.1, 0.15) is 15.9 Å². The van der Waals surface area contributed by atoms with Gasteiger partial charge < -0.3 is 5.32 Å². The summed E-state index contributed by atoms with van der Waals surface area (Å²) in [7, 11) is 0. The molecule has 2 rings (SSSR count). The van der Waals surface area contributed by atoms with Crippen LogP contribution in [0.5, 0.6) is 0 Å². The Morgan fingerprint density at radius 3 is 2.62 bits per heavy atom. The van der Waals surface area contributed by atoms with E-state index in [9.17, 15) is 18.0 Å². The molecule has 0 saturated heterocycles. The SMILES string of the molecule is N#CCSc1ccccc1C(=O)Nc1ccc(Br)c(C(F)(F)F)c1. The van der Waals surface area contributed by atoms with Gasteiger partial charge in [0.2, 0.25) is 0 Å². The van der Waals surface area contributed by atoms with Crippen LogP contribution >= 0.6 is 27.7 Å². The molecule has 2 aromatic carbocycles. The van der Waals surface area contributed by atoms with Crippen molar-refractivity contribution in [2.24, 2.45) is 0 Å². The predicted molar refractivity (Wildman–Crippen MR) is 89.9 cm³/mol. The molecule has 0 unspecified atom stereocenters. The maximum Gasteiger partial charge on any atom is 0.417 e. The van der Waals surface area contributed by atoms with Crippen molar-refractivity contribution >= 4 is 39.3 Å². The van der Waals surface area contributed by atoms with E-state index in [-0.39, 0.29) is 15.9 Å². The van der Waals surface area contributed by atoms with Crippen LogP contribution in [0, 0.1) is 11.3 Å². The Morgan fingerprint density at radius 1 is 1.25 bits per heavy atom. The Hall–Kier alpha value is -1.98. The number of hydrogen-bond donors (Lipinski definition) is 1. The fraction of sp³-hybridized carbons (Fsp3) is 0.125. The molecule has 1 N–H and O–H groups in total. The fourth-order valence-electron chi connectivity index (χ4n) is 1.91. The number of benzene rings is 2. The Balaban J connectivity index is 2.27. The van der Waals surface area contributed by atoms with Crippen molar-refractivity contribution in [3.05, 3.63) is 58.1 Å². The van der Waals surface area contributed by atoms with Crippen LogP contribution < -0.4 is 5.32 Å². The van der Waals surface area contributed by atoms with Gasteiger partial charge in [0.15, 0.2) is 0 Å². The molecule has 0 fully saturated rings. The topological polar surface area (TPSA) is 52.9 Å². The summed E-state index contributed by atoms with van der Waals surface area (Å²) in [6.07, 6.45) is -4.53. The van der Waals surface area contributed by atoms with Crippen LogP contribution in [-0.2, 0) is 6.18 Å². The van der Waals surface area contributed by atoms with Crippen molar-refractivity contribution in [2.75, 3.05) is 11.1 Å². The van der Waals surface area contributed by atoms with Gasteiger partial charge >= 0.3 is 6.18 Å². The quantitative estimate of drug-likeness (QED) is 0.687. The Morgan fingerprint density at radius 2 is 1.96 bits per heavy atom. The van der Waals surface area contributed by atoms with Crippen molar-refractivity contribution in [1.29, 1.82) is 5.26 Å². The second-order valence-electron chi connectivity index (χ2n) is 4.59. The lowest BCUT2D eigenvalue weighted by atomic mass is 10.1. The average molecular weight is 415 g/mol. The summed E-state index contributed by atoms with van der Waals surface area (Å²) in [6, 6.07) is 12.0. The van der Waals surface area contributed by atoms with E-state index < -0.39 is 17.6 Å². The molecule has 124 valence electrons. The van der Waals surface area contributed by atoms with Crippen LogP contribution in [0.3, 0.4) is 0 Å². The number of anilines is 1. The number of amides is 1. The van der Waals surface area contributed by atoms with Crippen molar-refractivity contribution in [3.8, 4) is 6.07 Å². The van der Waals surface area contributed by atoms with Gasteiger partial charge in [-0.2, -0.15) is 18.4 Å². The third-order valence-electron chi connectivity index (χ3n) is 2.95. The lowest BCUT2D eigenvalue weighted by Crippen LogP contribution is -2.14. The lowest BCUT2D eigenvalue weighted by Gasteiger charge is -2.13. The molecule has 3 nitrogen and oxygen atoms in total. The first-order valence-electron chi connectivity index (χ1n) is 6.60. The molecule has 0 radical (unpaired) electrons. The first-order valence-corrected chi connectivity index (χ1v) is 8.37. The zero-order valence-corrected chi connectivity index (χ0v) is 14.4. The van der Waals surface area contributed by atoms with Crippen LogP contribution in [-0.4, -0.2) is 11.7 Å². The first kappa shape index (κ1) is 18.4. The van der Waals surface area contributed by atoms with Crippen molar-refractivity contribution < 1.29 is 18.0 Å². The third-order valence-corrected chi connectivity index (χ3v) is 4.59. The Labute approximate surface area is 149 Å². The standard InChI is InChI=1S/C16H10BrF3N2OS/c17-13-6-5-10(9-12(13)16(18,19)20)22-15(23)11-3-1-2-4-14(11)24-8-7-21/h1-6,9H,8H2,(H,22,23). The molecular weight excluding hydrogens is 405 g/mol. The number of halogens is 4. The first-order chi connectivity index (χ1) is 11.3. The summed E-state index contributed by atoms with van der Waals surface area (Å²) in [6.45, 7) is 0. The zero-order valence-electron chi connectivity index (χ0n) is 12.0. The number of carbonyl (C=O) groups excluding carboxylic acids is 1. The Bertz CT molecular complexity index is 803. The number of thioether (sulfide) groups is 1. The molecule has 0 aliphatic carbocycles. The van der Waals surface area contributed by atoms with Gasteiger partial charge in [0.1, 0.15) is 0 Å². The van der Waals surface area contributed by atoms with E-state index in [4.69, 9.17) is 5.26 Å². The Kier molecular flexibility index (Phi) is 5.91. The monoisotopic (exact) mass is 414 g/mol. The van der Waals surface area contributed by atoms with Gasteiger partial charge in [0.25, 0.3) is 5.91 Å². The third kappa shape index (κ3) is 4.52. The number of nitrogens with zero attached hydrogens (tertiary/aromatic N) is 1. The minimum Gasteiger partial charge on any atom is -0.322 e. The van der Waals surface area contributed by atoms with Crippen molar-refractivity contribution in [3.63, 3.8) is 0 Å². The molecular formula is C16H10BrF3N2OS. The highest BCUT2D eigenvalue weighted by molar-refractivity contribution is 9.10. The molecule has 8 heteroatoms. The highest BCUT2D eigenvalue weighted by Gasteiger charge is 2.33. The lowest BCUT2D eigenvalue weighted by molar-refractivity contribution is -0.138. The number of nitrogens with one attached hydrogen (secondary N) is 1. The highest BCUT2D eigenvalue weighted by atomic mass is 79.9. The normalized spacial score (nSPS) is 11.0. The second-order valence-corrected chi connectivity index (χ2v) is 6.46. The van der Waals surface area contributed by atoms with Gasteiger partial charge in [-0.25, -0.2) is 0 Å². The smallest absolute Gasteiger partial charge is 0.322 e. The van der Waals surface area contributed by atoms with E-state index in [1.54, 1.807) is 24.3 Å². The van der Waals surface area contributed by atoms with Gasteiger partial charge in [0.05, 0.1) is 22.9 Å². The van der Waals surface area contributed by atoms with Crippen LogP contribution in [0.15, 0.2) is 51.8 Å². The molecule has 0 saturated carbocycles. The summed E-state index contributed by atoms with van der Waals surface area (Å²) < 4.78 is 38.6. The fourth-order valence-corrected chi connectivity index (χ4v) is 3.09. The number of hydrogen-bond acceptors (Lipinski definition) is 3. The molecule has 0 spiro atoms. The summed E-state index contributed by atoms with van der Waals surface area (Å²) in [5.74, 6) is -0.368. The van der Waals surface area contributed by atoms with E-state index in [0.717, 1.165) is 6.07 Å². The van der Waals surface area contributed by atoms with Gasteiger partial charge in [-0.3, -0.25) is 4.79 Å². The van der Waals surface area contributed by atoms with E-state index in [1.165, 1.54) is 23.9 Å². The maximum atomic E-state index is 12.9. The number of nitriles is 1. The summed E-state index contributed by atoms with van der Waals surface area (Å²) in [5.41, 5.74) is -0.530. The van der Waals surface area contributed by atoms with Gasteiger partial charge in [-0.05, 0) is 30.3 Å². The van der Waals surface area contributed by atoms with Crippen molar-refractivity contribution in [1.82, 2.24) is 0 Å². The van der Waals surface area contributed by atoms with Crippen LogP contribution in [0.25, 0.3) is 0 Å². The van der Waals surface area contributed by atoms with E-state index >= 15 is 0 Å².